The Hall–Kier alpha value is -1.55. The van der Waals surface area contributed by atoms with Gasteiger partial charge in [0.05, 0.1) is 12.6 Å². The van der Waals surface area contributed by atoms with Gasteiger partial charge in [-0.25, -0.2) is 4.79 Å². The standard InChI is InChI=1S/C15H23NO3/c1-15(2,3)19-14(17)16-13(11-18-4)10-12-8-6-5-7-9-12/h5-9,13H,10-11H2,1-4H3,(H,16,17)/t13-/m0/s1. The van der Waals surface area contributed by atoms with Gasteiger partial charge in [0.25, 0.3) is 0 Å². The zero-order valence-corrected chi connectivity index (χ0v) is 12.1. The second-order valence-electron chi connectivity index (χ2n) is 5.49. The van der Waals surface area contributed by atoms with E-state index in [-0.39, 0.29) is 6.04 Å². The van der Waals surface area contributed by atoms with Gasteiger partial charge in [0.2, 0.25) is 0 Å². The number of nitrogens with one attached hydrogen (secondary N) is 1. The molecular formula is C15H23NO3. The van der Waals surface area contributed by atoms with Crippen LogP contribution < -0.4 is 5.32 Å². The average Bonchev–Trinajstić information content (AvgIpc) is 2.27. The summed E-state index contributed by atoms with van der Waals surface area (Å²) in [4.78, 5) is 11.7. The highest BCUT2D eigenvalue weighted by molar-refractivity contribution is 5.68. The minimum absolute atomic E-state index is 0.0951. The molecule has 0 radical (unpaired) electrons. The largest absolute Gasteiger partial charge is 0.444 e. The molecular weight excluding hydrogens is 242 g/mol. The zero-order chi connectivity index (χ0) is 14.3. The Morgan fingerprint density at radius 2 is 1.89 bits per heavy atom. The zero-order valence-electron chi connectivity index (χ0n) is 12.1. The van der Waals surface area contributed by atoms with Crippen molar-refractivity contribution in [3.8, 4) is 0 Å². The van der Waals surface area contributed by atoms with Gasteiger partial charge in [0, 0.05) is 7.11 Å². The van der Waals surface area contributed by atoms with E-state index in [1.807, 2.05) is 51.1 Å². The van der Waals surface area contributed by atoms with Gasteiger partial charge in [0.1, 0.15) is 5.60 Å². The molecule has 0 heterocycles. The molecule has 19 heavy (non-hydrogen) atoms. The summed E-state index contributed by atoms with van der Waals surface area (Å²) in [6.07, 6.45) is 0.305. The van der Waals surface area contributed by atoms with Crippen LogP contribution in [0.4, 0.5) is 4.79 Å². The van der Waals surface area contributed by atoms with Crippen molar-refractivity contribution in [1.29, 1.82) is 0 Å². The predicted octanol–water partition coefficient (Wildman–Crippen LogP) is 2.77. The van der Waals surface area contributed by atoms with Crippen LogP contribution in [0.15, 0.2) is 30.3 Å². The van der Waals surface area contributed by atoms with Crippen LogP contribution in [0.2, 0.25) is 0 Å². The first-order valence-corrected chi connectivity index (χ1v) is 6.43. The van der Waals surface area contributed by atoms with E-state index in [1.165, 1.54) is 0 Å². The molecule has 0 aliphatic rings. The van der Waals surface area contributed by atoms with Crippen LogP contribution >= 0.6 is 0 Å². The van der Waals surface area contributed by atoms with Crippen LogP contribution in [-0.4, -0.2) is 31.5 Å². The van der Waals surface area contributed by atoms with Crippen molar-refractivity contribution in [2.75, 3.05) is 13.7 Å². The van der Waals surface area contributed by atoms with E-state index < -0.39 is 11.7 Å². The predicted molar refractivity (Wildman–Crippen MR) is 75.2 cm³/mol. The lowest BCUT2D eigenvalue weighted by molar-refractivity contribution is 0.0469. The van der Waals surface area contributed by atoms with Crippen LogP contribution in [0, 0.1) is 0 Å². The summed E-state index contributed by atoms with van der Waals surface area (Å²) in [7, 11) is 1.62. The maximum Gasteiger partial charge on any atom is 0.407 e. The smallest absolute Gasteiger partial charge is 0.407 e. The molecule has 1 N–H and O–H groups in total. The Balaban J connectivity index is 2.55. The van der Waals surface area contributed by atoms with Crippen LogP contribution in [0.3, 0.4) is 0 Å². The first-order valence-electron chi connectivity index (χ1n) is 6.43. The molecule has 1 aromatic carbocycles. The van der Waals surface area contributed by atoms with E-state index in [0.717, 1.165) is 5.56 Å². The number of rotatable bonds is 5. The highest BCUT2D eigenvalue weighted by Crippen LogP contribution is 2.08. The Labute approximate surface area is 115 Å². The third-order valence-corrected chi connectivity index (χ3v) is 2.41. The fourth-order valence-electron chi connectivity index (χ4n) is 1.73. The topological polar surface area (TPSA) is 47.6 Å². The van der Waals surface area contributed by atoms with Crippen molar-refractivity contribution in [1.82, 2.24) is 5.32 Å². The van der Waals surface area contributed by atoms with Gasteiger partial charge < -0.3 is 14.8 Å². The first-order chi connectivity index (χ1) is 8.90. The summed E-state index contributed by atoms with van der Waals surface area (Å²) in [6.45, 7) is 5.98. The van der Waals surface area contributed by atoms with Gasteiger partial charge in [-0.3, -0.25) is 0 Å². The van der Waals surface area contributed by atoms with Crippen molar-refractivity contribution >= 4 is 6.09 Å². The molecule has 0 aliphatic heterocycles. The highest BCUT2D eigenvalue weighted by Gasteiger charge is 2.19. The Morgan fingerprint density at radius 3 is 2.42 bits per heavy atom. The van der Waals surface area contributed by atoms with Gasteiger partial charge >= 0.3 is 6.09 Å². The second-order valence-corrected chi connectivity index (χ2v) is 5.49. The molecule has 4 heteroatoms. The van der Waals surface area contributed by atoms with Crippen LogP contribution in [0.1, 0.15) is 26.3 Å². The lowest BCUT2D eigenvalue weighted by atomic mass is 10.1. The molecule has 0 unspecified atom stereocenters. The Kier molecular flexibility index (Phi) is 5.83. The van der Waals surface area contributed by atoms with E-state index in [1.54, 1.807) is 7.11 Å². The van der Waals surface area contributed by atoms with Crippen molar-refractivity contribution < 1.29 is 14.3 Å². The lowest BCUT2D eigenvalue weighted by Gasteiger charge is -2.23. The van der Waals surface area contributed by atoms with E-state index >= 15 is 0 Å². The molecule has 1 aromatic rings. The van der Waals surface area contributed by atoms with Gasteiger partial charge in [-0.05, 0) is 32.8 Å². The summed E-state index contributed by atoms with van der Waals surface area (Å²) in [5.41, 5.74) is 0.662. The number of benzene rings is 1. The molecule has 0 aliphatic carbocycles. The van der Waals surface area contributed by atoms with E-state index in [9.17, 15) is 4.79 Å². The minimum Gasteiger partial charge on any atom is -0.444 e. The van der Waals surface area contributed by atoms with Crippen molar-refractivity contribution in [3.63, 3.8) is 0 Å². The molecule has 1 amide bonds. The normalized spacial score (nSPS) is 12.8. The van der Waals surface area contributed by atoms with Crippen molar-refractivity contribution in [2.24, 2.45) is 0 Å². The van der Waals surface area contributed by atoms with Crippen LogP contribution in [-0.2, 0) is 15.9 Å². The van der Waals surface area contributed by atoms with Gasteiger partial charge in [-0.2, -0.15) is 0 Å². The molecule has 0 saturated heterocycles. The molecule has 1 rings (SSSR count). The average molecular weight is 265 g/mol. The van der Waals surface area contributed by atoms with Crippen molar-refractivity contribution in [3.05, 3.63) is 35.9 Å². The molecule has 0 fully saturated rings. The lowest BCUT2D eigenvalue weighted by Crippen LogP contribution is -2.42. The summed E-state index contributed by atoms with van der Waals surface area (Å²) >= 11 is 0. The monoisotopic (exact) mass is 265 g/mol. The molecule has 106 valence electrons. The second kappa shape index (κ2) is 7.14. The van der Waals surface area contributed by atoms with Gasteiger partial charge in [-0.1, -0.05) is 30.3 Å². The number of carbonyl (C=O) groups excluding carboxylic acids is 1. The summed E-state index contributed by atoms with van der Waals surface area (Å²) in [6, 6.07) is 9.89. The molecule has 0 spiro atoms. The fourth-order valence-corrected chi connectivity index (χ4v) is 1.73. The number of hydrogen-bond acceptors (Lipinski definition) is 3. The SMILES string of the molecule is COC[C@H](Cc1ccccc1)NC(=O)OC(C)(C)C. The number of ether oxygens (including phenoxy) is 2. The number of alkyl carbamates (subject to hydrolysis) is 1. The maximum atomic E-state index is 11.7. The van der Waals surface area contributed by atoms with E-state index in [0.29, 0.717) is 13.0 Å². The molecule has 1 atom stereocenters. The van der Waals surface area contributed by atoms with E-state index in [4.69, 9.17) is 9.47 Å². The highest BCUT2D eigenvalue weighted by atomic mass is 16.6. The summed E-state index contributed by atoms with van der Waals surface area (Å²) in [5.74, 6) is 0. The molecule has 0 bridgehead atoms. The quantitative estimate of drug-likeness (QED) is 0.890. The summed E-state index contributed by atoms with van der Waals surface area (Å²) < 4.78 is 10.4. The van der Waals surface area contributed by atoms with Gasteiger partial charge in [0.15, 0.2) is 0 Å². The third-order valence-electron chi connectivity index (χ3n) is 2.41. The number of methoxy groups -OCH3 is 1. The molecule has 0 saturated carbocycles. The van der Waals surface area contributed by atoms with Crippen molar-refractivity contribution in [2.45, 2.75) is 38.8 Å². The van der Waals surface area contributed by atoms with Crippen LogP contribution in [0.5, 0.6) is 0 Å². The third kappa shape index (κ3) is 6.82. The number of hydrogen-bond donors (Lipinski definition) is 1. The fraction of sp³-hybridized carbons (Fsp3) is 0.533. The van der Waals surface area contributed by atoms with Crippen LogP contribution in [0.25, 0.3) is 0 Å². The minimum atomic E-state index is -0.492. The summed E-state index contributed by atoms with van der Waals surface area (Å²) in [5, 5.41) is 2.84. The number of amides is 1. The Bertz CT molecular complexity index is 384. The van der Waals surface area contributed by atoms with Gasteiger partial charge in [-0.15, -0.1) is 0 Å². The molecule has 0 aromatic heterocycles. The number of carbonyl (C=O) groups is 1. The first kappa shape index (κ1) is 15.5. The maximum absolute atomic E-state index is 11.7. The Morgan fingerprint density at radius 1 is 1.26 bits per heavy atom. The van der Waals surface area contributed by atoms with E-state index in [2.05, 4.69) is 5.32 Å². The molecule has 4 nitrogen and oxygen atoms in total.